The van der Waals surface area contributed by atoms with Gasteiger partial charge in [0.15, 0.2) is 0 Å². The summed E-state index contributed by atoms with van der Waals surface area (Å²) in [6, 6.07) is 14.4. The van der Waals surface area contributed by atoms with Crippen molar-refractivity contribution in [3.8, 4) is 11.3 Å². The summed E-state index contributed by atoms with van der Waals surface area (Å²) < 4.78 is 1.26. The average molecular weight is 397 g/mol. The van der Waals surface area contributed by atoms with E-state index in [1.807, 2.05) is 24.3 Å². The van der Waals surface area contributed by atoms with Crippen molar-refractivity contribution in [3.05, 3.63) is 53.6 Å². The maximum Gasteiger partial charge on any atom is 0.416 e. The van der Waals surface area contributed by atoms with E-state index < -0.39 is 6.09 Å². The van der Waals surface area contributed by atoms with Gasteiger partial charge in [0.25, 0.3) is 0 Å². The van der Waals surface area contributed by atoms with E-state index in [1.54, 1.807) is 24.3 Å². The predicted octanol–water partition coefficient (Wildman–Crippen LogP) is 6.01. The number of benzene rings is 2. The molecule has 6 heteroatoms. The summed E-state index contributed by atoms with van der Waals surface area (Å²) in [7, 11) is 0. The number of aromatic nitrogens is 1. The van der Waals surface area contributed by atoms with Crippen LogP contribution in [-0.2, 0) is 4.79 Å². The van der Waals surface area contributed by atoms with Gasteiger partial charge in [-0.2, -0.15) is 0 Å². The van der Waals surface area contributed by atoms with Crippen LogP contribution in [0.3, 0.4) is 0 Å². The van der Waals surface area contributed by atoms with Crippen LogP contribution in [0.2, 0.25) is 5.02 Å². The normalized spacial score (nSPS) is 14.9. The van der Waals surface area contributed by atoms with Crippen molar-refractivity contribution in [2.24, 2.45) is 5.92 Å². The Morgan fingerprint density at radius 1 is 1.04 bits per heavy atom. The summed E-state index contributed by atoms with van der Waals surface area (Å²) in [4.78, 5) is 24.5. The van der Waals surface area contributed by atoms with Gasteiger partial charge in [-0.05, 0) is 37.1 Å². The van der Waals surface area contributed by atoms with E-state index >= 15 is 0 Å². The molecule has 0 aliphatic heterocycles. The molecule has 2 aromatic carbocycles. The van der Waals surface area contributed by atoms with Crippen molar-refractivity contribution in [3.63, 3.8) is 0 Å². The third-order valence-electron chi connectivity index (χ3n) is 5.40. The Morgan fingerprint density at radius 3 is 2.54 bits per heavy atom. The van der Waals surface area contributed by atoms with Crippen LogP contribution in [0.15, 0.2) is 48.5 Å². The summed E-state index contributed by atoms with van der Waals surface area (Å²) >= 11 is 6.31. The lowest BCUT2D eigenvalue weighted by molar-refractivity contribution is -0.120. The second kappa shape index (κ2) is 7.68. The fourth-order valence-corrected chi connectivity index (χ4v) is 4.12. The molecule has 1 heterocycles. The number of carbonyl (C=O) groups excluding carboxylic acids is 1. The van der Waals surface area contributed by atoms with Crippen LogP contribution in [0.25, 0.3) is 22.2 Å². The van der Waals surface area contributed by atoms with Gasteiger partial charge >= 0.3 is 6.09 Å². The highest BCUT2D eigenvalue weighted by Crippen LogP contribution is 2.33. The van der Waals surface area contributed by atoms with Gasteiger partial charge in [-0.3, -0.25) is 4.79 Å². The lowest BCUT2D eigenvalue weighted by atomic mass is 9.88. The number of carbonyl (C=O) groups is 2. The molecule has 144 valence electrons. The van der Waals surface area contributed by atoms with Crippen molar-refractivity contribution in [1.82, 2.24) is 4.57 Å². The van der Waals surface area contributed by atoms with E-state index in [2.05, 4.69) is 5.32 Å². The third-order valence-corrected chi connectivity index (χ3v) is 5.73. The van der Waals surface area contributed by atoms with E-state index in [-0.39, 0.29) is 11.8 Å². The van der Waals surface area contributed by atoms with Crippen molar-refractivity contribution < 1.29 is 14.7 Å². The van der Waals surface area contributed by atoms with Gasteiger partial charge in [-0.25, -0.2) is 9.36 Å². The second-order valence-electron chi connectivity index (χ2n) is 7.23. The van der Waals surface area contributed by atoms with Crippen molar-refractivity contribution in [2.45, 2.75) is 32.1 Å². The molecule has 1 aliphatic rings. The van der Waals surface area contributed by atoms with E-state index in [0.29, 0.717) is 27.5 Å². The second-order valence-corrected chi connectivity index (χ2v) is 7.63. The Labute approximate surface area is 167 Å². The molecule has 0 atom stereocenters. The minimum atomic E-state index is -1.06. The molecule has 4 rings (SSSR count). The Morgan fingerprint density at radius 2 is 1.79 bits per heavy atom. The first-order chi connectivity index (χ1) is 13.5. The molecule has 1 amide bonds. The first-order valence-corrected chi connectivity index (χ1v) is 9.87. The molecule has 1 saturated carbocycles. The summed E-state index contributed by atoms with van der Waals surface area (Å²) in [6.45, 7) is 0. The molecule has 3 aromatic rings. The van der Waals surface area contributed by atoms with Gasteiger partial charge in [0.1, 0.15) is 0 Å². The number of amides is 1. The van der Waals surface area contributed by atoms with E-state index in [9.17, 15) is 14.7 Å². The highest BCUT2D eigenvalue weighted by molar-refractivity contribution is 6.33. The molecule has 1 aromatic heterocycles. The number of halogens is 1. The minimum Gasteiger partial charge on any atom is -0.464 e. The van der Waals surface area contributed by atoms with Gasteiger partial charge in [0.05, 0.1) is 21.9 Å². The lowest BCUT2D eigenvalue weighted by Gasteiger charge is -2.21. The fourth-order valence-electron chi connectivity index (χ4n) is 3.95. The van der Waals surface area contributed by atoms with Crippen LogP contribution in [-0.4, -0.2) is 21.7 Å². The number of rotatable bonds is 3. The number of hydrogen-bond acceptors (Lipinski definition) is 2. The highest BCUT2D eigenvalue weighted by Gasteiger charge is 2.22. The first kappa shape index (κ1) is 18.6. The van der Waals surface area contributed by atoms with Crippen LogP contribution >= 0.6 is 11.6 Å². The Bertz CT molecular complexity index is 1050. The SMILES string of the molecule is O=C(Nc1cc(-c2cc3ccccc3n2C(=O)O)ccc1Cl)C1CCCCC1. The molecule has 0 spiro atoms. The Hall–Kier alpha value is -2.79. The van der Waals surface area contributed by atoms with Gasteiger partial charge in [-0.1, -0.05) is 55.1 Å². The minimum absolute atomic E-state index is 0.0129. The van der Waals surface area contributed by atoms with Gasteiger partial charge in [0, 0.05) is 16.9 Å². The van der Waals surface area contributed by atoms with Crippen LogP contribution in [0.1, 0.15) is 32.1 Å². The number of para-hydroxylation sites is 1. The Balaban J connectivity index is 1.71. The summed E-state index contributed by atoms with van der Waals surface area (Å²) in [5.74, 6) is -0.00327. The average Bonchev–Trinajstić information content (AvgIpc) is 3.10. The standard InChI is InChI=1S/C22H21ClN2O3/c23-17-11-10-16(12-18(17)24-21(26)14-6-2-1-3-7-14)20-13-15-8-4-5-9-19(15)25(20)22(27)28/h4-5,8-14H,1-3,6-7H2,(H,24,26)(H,27,28). The van der Waals surface area contributed by atoms with Crippen LogP contribution in [0.5, 0.6) is 0 Å². The molecule has 0 saturated heterocycles. The molecule has 0 radical (unpaired) electrons. The third kappa shape index (κ3) is 3.50. The molecular formula is C22H21ClN2O3. The number of anilines is 1. The smallest absolute Gasteiger partial charge is 0.416 e. The number of fused-ring (bicyclic) bond motifs is 1. The number of nitrogens with one attached hydrogen (secondary N) is 1. The largest absolute Gasteiger partial charge is 0.464 e. The Kier molecular flexibility index (Phi) is 5.09. The zero-order valence-corrected chi connectivity index (χ0v) is 16.1. The van der Waals surface area contributed by atoms with Gasteiger partial charge in [0.2, 0.25) is 5.91 Å². The summed E-state index contributed by atoms with van der Waals surface area (Å²) in [5, 5.41) is 13.9. The molecule has 2 N–H and O–H groups in total. The van der Waals surface area contributed by atoms with Crippen molar-refractivity contribution in [2.75, 3.05) is 5.32 Å². The number of nitrogens with zero attached hydrogens (tertiary/aromatic N) is 1. The zero-order valence-electron chi connectivity index (χ0n) is 15.3. The maximum absolute atomic E-state index is 12.6. The van der Waals surface area contributed by atoms with Crippen LogP contribution in [0.4, 0.5) is 10.5 Å². The van der Waals surface area contributed by atoms with Crippen molar-refractivity contribution >= 4 is 40.2 Å². The molecule has 1 aliphatic carbocycles. The van der Waals surface area contributed by atoms with E-state index in [1.165, 1.54) is 11.0 Å². The van der Waals surface area contributed by atoms with Crippen molar-refractivity contribution in [1.29, 1.82) is 0 Å². The van der Waals surface area contributed by atoms with Gasteiger partial charge < -0.3 is 10.4 Å². The zero-order chi connectivity index (χ0) is 19.7. The van der Waals surface area contributed by atoms with E-state index in [4.69, 9.17) is 11.6 Å². The first-order valence-electron chi connectivity index (χ1n) is 9.49. The fraction of sp³-hybridized carbons (Fsp3) is 0.273. The highest BCUT2D eigenvalue weighted by atomic mass is 35.5. The summed E-state index contributed by atoms with van der Waals surface area (Å²) in [5.41, 5.74) is 2.35. The quantitative estimate of drug-likeness (QED) is 0.569. The number of carboxylic acid groups (broad SMARTS) is 1. The molecular weight excluding hydrogens is 376 g/mol. The molecule has 0 bridgehead atoms. The van der Waals surface area contributed by atoms with Gasteiger partial charge in [-0.15, -0.1) is 0 Å². The predicted molar refractivity (Wildman–Crippen MR) is 111 cm³/mol. The molecule has 1 fully saturated rings. The molecule has 5 nitrogen and oxygen atoms in total. The lowest BCUT2D eigenvalue weighted by Crippen LogP contribution is -2.24. The molecule has 0 unspecified atom stereocenters. The monoisotopic (exact) mass is 396 g/mol. The van der Waals surface area contributed by atoms with E-state index in [0.717, 1.165) is 31.1 Å². The molecule has 28 heavy (non-hydrogen) atoms. The van der Waals surface area contributed by atoms with Crippen LogP contribution < -0.4 is 5.32 Å². The topological polar surface area (TPSA) is 71.3 Å². The van der Waals surface area contributed by atoms with Crippen LogP contribution in [0, 0.1) is 5.92 Å². The summed E-state index contributed by atoms with van der Waals surface area (Å²) in [6.07, 6.45) is 4.07. The maximum atomic E-state index is 12.6. The number of hydrogen-bond donors (Lipinski definition) is 2.